The molecule has 2 rings (SSSR count). The van der Waals surface area contributed by atoms with E-state index < -0.39 is 0 Å². The molecule has 3 amide bonds. The molecule has 0 aromatic carbocycles. The molecule has 2 fully saturated rings. The van der Waals surface area contributed by atoms with Crippen molar-refractivity contribution >= 4 is 11.9 Å². The summed E-state index contributed by atoms with van der Waals surface area (Å²) in [7, 11) is 1.99. The number of hydrogen-bond donors (Lipinski definition) is 2. The fourth-order valence-corrected chi connectivity index (χ4v) is 3.94. The van der Waals surface area contributed by atoms with Crippen molar-refractivity contribution < 1.29 is 9.59 Å². The SMILES string of the molecule is CC1CCC(N(C)CC(=O)NC(=O)NC2CCCCC2C)CC1. The van der Waals surface area contributed by atoms with Crippen molar-refractivity contribution in [1.82, 2.24) is 15.5 Å². The van der Waals surface area contributed by atoms with E-state index >= 15 is 0 Å². The molecule has 2 atom stereocenters. The van der Waals surface area contributed by atoms with E-state index in [1.54, 1.807) is 0 Å². The van der Waals surface area contributed by atoms with E-state index in [0.717, 1.165) is 38.0 Å². The number of rotatable bonds is 4. The molecule has 2 aliphatic rings. The minimum Gasteiger partial charge on any atom is -0.335 e. The molecule has 132 valence electrons. The van der Waals surface area contributed by atoms with E-state index in [4.69, 9.17) is 0 Å². The van der Waals surface area contributed by atoms with Crippen molar-refractivity contribution in [3.8, 4) is 0 Å². The van der Waals surface area contributed by atoms with Gasteiger partial charge in [0.25, 0.3) is 0 Å². The van der Waals surface area contributed by atoms with Crippen molar-refractivity contribution in [2.75, 3.05) is 13.6 Å². The van der Waals surface area contributed by atoms with Gasteiger partial charge in [-0.15, -0.1) is 0 Å². The maximum absolute atomic E-state index is 12.1. The number of carbonyl (C=O) groups excluding carboxylic acids is 2. The van der Waals surface area contributed by atoms with E-state index in [0.29, 0.717) is 18.5 Å². The lowest BCUT2D eigenvalue weighted by Gasteiger charge is -2.33. The van der Waals surface area contributed by atoms with Gasteiger partial charge in [0.1, 0.15) is 0 Å². The lowest BCUT2D eigenvalue weighted by Crippen LogP contribution is -2.50. The normalized spacial score (nSPS) is 31.7. The molecule has 0 radical (unpaired) electrons. The van der Waals surface area contributed by atoms with Crippen LogP contribution in [0.1, 0.15) is 65.2 Å². The lowest BCUT2D eigenvalue weighted by atomic mass is 9.86. The second-order valence-corrected chi connectivity index (χ2v) is 7.72. The summed E-state index contributed by atoms with van der Waals surface area (Å²) < 4.78 is 0. The first-order valence-electron chi connectivity index (χ1n) is 9.26. The quantitative estimate of drug-likeness (QED) is 0.836. The highest BCUT2D eigenvalue weighted by atomic mass is 16.2. The van der Waals surface area contributed by atoms with E-state index in [9.17, 15) is 9.59 Å². The second-order valence-electron chi connectivity index (χ2n) is 7.72. The third-order valence-corrected chi connectivity index (χ3v) is 5.68. The van der Waals surface area contributed by atoms with Gasteiger partial charge in [-0.3, -0.25) is 15.0 Å². The maximum Gasteiger partial charge on any atom is 0.321 e. The van der Waals surface area contributed by atoms with Crippen LogP contribution in [0.15, 0.2) is 0 Å². The van der Waals surface area contributed by atoms with Crippen LogP contribution in [-0.2, 0) is 4.79 Å². The molecule has 2 unspecified atom stereocenters. The van der Waals surface area contributed by atoms with Crippen molar-refractivity contribution in [1.29, 1.82) is 0 Å². The summed E-state index contributed by atoms with van der Waals surface area (Å²) in [5.41, 5.74) is 0. The summed E-state index contributed by atoms with van der Waals surface area (Å²) in [4.78, 5) is 26.2. The fraction of sp³-hybridized carbons (Fsp3) is 0.889. The van der Waals surface area contributed by atoms with Crippen molar-refractivity contribution in [3.05, 3.63) is 0 Å². The van der Waals surface area contributed by atoms with Gasteiger partial charge >= 0.3 is 6.03 Å². The first-order valence-corrected chi connectivity index (χ1v) is 9.26. The van der Waals surface area contributed by atoms with Gasteiger partial charge in [-0.05, 0) is 57.4 Å². The van der Waals surface area contributed by atoms with E-state index in [1.165, 1.54) is 19.3 Å². The highest BCUT2D eigenvalue weighted by Gasteiger charge is 2.25. The van der Waals surface area contributed by atoms with E-state index in [1.807, 2.05) is 7.05 Å². The van der Waals surface area contributed by atoms with Crippen LogP contribution in [0.25, 0.3) is 0 Å². The number of urea groups is 1. The van der Waals surface area contributed by atoms with Crippen LogP contribution in [0.4, 0.5) is 4.79 Å². The molecule has 2 aliphatic carbocycles. The third kappa shape index (κ3) is 5.79. The molecule has 0 aromatic rings. The Bertz CT molecular complexity index is 405. The van der Waals surface area contributed by atoms with Crippen molar-refractivity contribution in [2.24, 2.45) is 11.8 Å². The Balaban J connectivity index is 1.70. The molecule has 0 heterocycles. The average molecular weight is 323 g/mol. The van der Waals surface area contributed by atoms with Crippen LogP contribution in [-0.4, -0.2) is 42.5 Å². The zero-order valence-corrected chi connectivity index (χ0v) is 14.9. The Hall–Kier alpha value is -1.10. The smallest absolute Gasteiger partial charge is 0.321 e. The predicted molar refractivity (Wildman–Crippen MR) is 92.1 cm³/mol. The van der Waals surface area contributed by atoms with Crippen LogP contribution in [0.2, 0.25) is 0 Å². The number of imide groups is 1. The number of likely N-dealkylation sites (N-methyl/N-ethyl adjacent to an activating group) is 1. The second kappa shape index (κ2) is 8.67. The van der Waals surface area contributed by atoms with Crippen LogP contribution in [0.3, 0.4) is 0 Å². The van der Waals surface area contributed by atoms with Gasteiger partial charge in [0, 0.05) is 12.1 Å². The topological polar surface area (TPSA) is 61.4 Å². The Morgan fingerprint density at radius 3 is 2.30 bits per heavy atom. The standard InChI is InChI=1S/C18H33N3O2/c1-13-8-10-15(11-9-13)21(3)12-17(22)20-18(23)19-16-7-5-4-6-14(16)2/h13-16H,4-12H2,1-3H3,(H2,19,20,22,23). The van der Waals surface area contributed by atoms with Gasteiger partial charge in [0.15, 0.2) is 0 Å². The Kier molecular flexibility index (Phi) is 6.88. The van der Waals surface area contributed by atoms with Gasteiger partial charge in [-0.2, -0.15) is 0 Å². The first kappa shape index (κ1) is 18.2. The number of amides is 3. The van der Waals surface area contributed by atoms with Crippen LogP contribution < -0.4 is 10.6 Å². The van der Waals surface area contributed by atoms with Gasteiger partial charge in [-0.25, -0.2) is 4.79 Å². The molecule has 5 nitrogen and oxygen atoms in total. The summed E-state index contributed by atoms with van der Waals surface area (Å²) in [6, 6.07) is 0.340. The summed E-state index contributed by atoms with van der Waals surface area (Å²) in [5.74, 6) is 1.10. The Morgan fingerprint density at radius 2 is 1.65 bits per heavy atom. The Labute approximate surface area is 140 Å². The Morgan fingerprint density at radius 1 is 1.00 bits per heavy atom. The molecule has 2 N–H and O–H groups in total. The van der Waals surface area contributed by atoms with E-state index in [2.05, 4.69) is 29.4 Å². The molecule has 0 saturated heterocycles. The molecular formula is C18H33N3O2. The molecule has 0 aliphatic heterocycles. The van der Waals surface area contributed by atoms with Crippen molar-refractivity contribution in [3.63, 3.8) is 0 Å². The van der Waals surface area contributed by atoms with Crippen LogP contribution in [0.5, 0.6) is 0 Å². The van der Waals surface area contributed by atoms with E-state index in [-0.39, 0.29) is 18.0 Å². The van der Waals surface area contributed by atoms with Gasteiger partial charge in [0.2, 0.25) is 5.91 Å². The summed E-state index contributed by atoms with van der Waals surface area (Å²) >= 11 is 0. The third-order valence-electron chi connectivity index (χ3n) is 5.68. The molecule has 0 bridgehead atoms. The fourth-order valence-electron chi connectivity index (χ4n) is 3.94. The molecule has 5 heteroatoms. The highest BCUT2D eigenvalue weighted by Crippen LogP contribution is 2.26. The summed E-state index contributed by atoms with van der Waals surface area (Å²) in [6.45, 7) is 4.76. The molecule has 23 heavy (non-hydrogen) atoms. The minimum absolute atomic E-state index is 0.202. The highest BCUT2D eigenvalue weighted by molar-refractivity contribution is 5.95. The van der Waals surface area contributed by atoms with Crippen molar-refractivity contribution in [2.45, 2.75) is 77.3 Å². The average Bonchev–Trinajstić information content (AvgIpc) is 2.50. The molecule has 0 aromatic heterocycles. The van der Waals surface area contributed by atoms with Gasteiger partial charge < -0.3 is 5.32 Å². The molecular weight excluding hydrogens is 290 g/mol. The first-order chi connectivity index (χ1) is 11.0. The zero-order chi connectivity index (χ0) is 16.8. The van der Waals surface area contributed by atoms with Crippen LogP contribution in [0, 0.1) is 11.8 Å². The maximum atomic E-state index is 12.1. The number of nitrogens with one attached hydrogen (secondary N) is 2. The van der Waals surface area contributed by atoms with Gasteiger partial charge in [0.05, 0.1) is 6.54 Å². The number of hydrogen-bond acceptors (Lipinski definition) is 3. The summed E-state index contributed by atoms with van der Waals surface area (Å²) in [5, 5.41) is 5.46. The van der Waals surface area contributed by atoms with Crippen LogP contribution >= 0.6 is 0 Å². The lowest BCUT2D eigenvalue weighted by molar-refractivity contribution is -0.121. The largest absolute Gasteiger partial charge is 0.335 e. The summed E-state index contributed by atoms with van der Waals surface area (Å²) in [6.07, 6.45) is 9.34. The monoisotopic (exact) mass is 323 g/mol. The predicted octanol–water partition coefficient (Wildman–Crippen LogP) is 2.90. The number of carbonyl (C=O) groups is 2. The number of nitrogens with zero attached hydrogens (tertiary/aromatic N) is 1. The molecule has 0 spiro atoms. The minimum atomic E-state index is -0.334. The van der Waals surface area contributed by atoms with Gasteiger partial charge in [-0.1, -0.05) is 26.7 Å². The molecule has 2 saturated carbocycles. The zero-order valence-electron chi connectivity index (χ0n) is 14.9.